The number of ether oxygens (including phenoxy) is 1. The summed E-state index contributed by atoms with van der Waals surface area (Å²) in [6.07, 6.45) is 2.87. The highest BCUT2D eigenvalue weighted by atomic mass is 19.1. The fraction of sp³-hybridized carbons (Fsp3) is 0.409. The monoisotopic (exact) mass is 367 g/mol. The zero-order valence-electron chi connectivity index (χ0n) is 15.7. The van der Waals surface area contributed by atoms with E-state index in [0.717, 1.165) is 57.1 Å². The van der Waals surface area contributed by atoms with Crippen LogP contribution in [0.25, 0.3) is 0 Å². The molecule has 0 spiro atoms. The van der Waals surface area contributed by atoms with Crippen molar-refractivity contribution in [2.45, 2.75) is 24.7 Å². The zero-order valence-corrected chi connectivity index (χ0v) is 15.7. The second kappa shape index (κ2) is 7.69. The van der Waals surface area contributed by atoms with Crippen LogP contribution in [0, 0.1) is 5.82 Å². The summed E-state index contributed by atoms with van der Waals surface area (Å²) in [4.78, 5) is 6.79. The van der Waals surface area contributed by atoms with Gasteiger partial charge in [0.2, 0.25) is 0 Å². The minimum atomic E-state index is -0.196. The molecule has 2 heterocycles. The first-order valence-corrected chi connectivity index (χ1v) is 9.62. The molecule has 5 heteroatoms. The van der Waals surface area contributed by atoms with Gasteiger partial charge in [0.1, 0.15) is 5.82 Å². The number of fused-ring (bicyclic) bond motifs is 1. The molecule has 0 saturated carbocycles. The maximum absolute atomic E-state index is 13.4. The molecule has 2 aromatic carbocycles. The van der Waals surface area contributed by atoms with E-state index in [2.05, 4.69) is 39.5 Å². The third kappa shape index (κ3) is 3.56. The van der Waals surface area contributed by atoms with E-state index in [4.69, 9.17) is 4.74 Å². The van der Waals surface area contributed by atoms with Gasteiger partial charge in [-0.15, -0.1) is 0 Å². The molecule has 27 heavy (non-hydrogen) atoms. The van der Waals surface area contributed by atoms with Gasteiger partial charge in [0.05, 0.1) is 0 Å². The maximum atomic E-state index is 13.4. The summed E-state index contributed by atoms with van der Waals surface area (Å²) in [6, 6.07) is 15.4. The molecule has 0 amide bonds. The number of benzene rings is 2. The molecule has 1 fully saturated rings. The predicted octanol–water partition coefficient (Wildman–Crippen LogP) is 3.51. The van der Waals surface area contributed by atoms with Crippen LogP contribution >= 0.6 is 0 Å². The number of hydrogen-bond donors (Lipinski definition) is 1. The average Bonchev–Trinajstić information content (AvgIpc) is 3.14. The van der Waals surface area contributed by atoms with E-state index in [1.165, 1.54) is 11.3 Å². The molecule has 4 rings (SSSR count). The molecule has 1 saturated heterocycles. The van der Waals surface area contributed by atoms with Crippen molar-refractivity contribution in [1.82, 2.24) is 5.32 Å². The highest BCUT2D eigenvalue weighted by Gasteiger charge is 2.35. The second-order valence-corrected chi connectivity index (χ2v) is 7.33. The smallest absolute Gasteiger partial charge is 0.198 e. The lowest BCUT2D eigenvalue weighted by atomic mass is 9.74. The maximum Gasteiger partial charge on any atom is 0.198 e. The number of nitrogens with zero attached hydrogens (tertiary/aromatic N) is 2. The number of nitrogens with one attached hydrogen (secondary N) is 1. The molecule has 1 N–H and O–H groups in total. The molecule has 0 bridgehead atoms. The molecule has 2 aromatic rings. The number of anilines is 1. The van der Waals surface area contributed by atoms with E-state index >= 15 is 0 Å². The van der Waals surface area contributed by atoms with Gasteiger partial charge in [-0.2, -0.15) is 0 Å². The van der Waals surface area contributed by atoms with Crippen molar-refractivity contribution in [3.05, 3.63) is 65.5 Å². The summed E-state index contributed by atoms with van der Waals surface area (Å²) < 4.78 is 19.0. The minimum Gasteiger partial charge on any atom is -0.381 e. The van der Waals surface area contributed by atoms with Crippen molar-refractivity contribution in [3.8, 4) is 0 Å². The Hall–Kier alpha value is -2.40. The van der Waals surface area contributed by atoms with Crippen LogP contribution in [0.1, 0.15) is 24.0 Å². The Balaban J connectivity index is 1.54. The predicted molar refractivity (Wildman–Crippen MR) is 107 cm³/mol. The largest absolute Gasteiger partial charge is 0.381 e. The van der Waals surface area contributed by atoms with Crippen LogP contribution in [0.3, 0.4) is 0 Å². The van der Waals surface area contributed by atoms with Crippen molar-refractivity contribution < 1.29 is 9.13 Å². The first-order chi connectivity index (χ1) is 13.2. The molecular formula is C22H26FN3O. The quantitative estimate of drug-likeness (QED) is 0.666. The topological polar surface area (TPSA) is 36.9 Å². The highest BCUT2D eigenvalue weighted by molar-refractivity contribution is 5.98. The van der Waals surface area contributed by atoms with Gasteiger partial charge < -0.3 is 15.0 Å². The summed E-state index contributed by atoms with van der Waals surface area (Å²) in [7, 11) is 1.83. The molecule has 2 aliphatic rings. The third-order valence-corrected chi connectivity index (χ3v) is 5.85. The van der Waals surface area contributed by atoms with Crippen LogP contribution in [-0.4, -0.2) is 39.3 Å². The van der Waals surface area contributed by atoms with Crippen molar-refractivity contribution in [1.29, 1.82) is 0 Å². The minimum absolute atomic E-state index is 0.0683. The summed E-state index contributed by atoms with van der Waals surface area (Å²) in [6.45, 7) is 3.15. The first kappa shape index (κ1) is 18.0. The van der Waals surface area contributed by atoms with Crippen molar-refractivity contribution >= 4 is 11.6 Å². The van der Waals surface area contributed by atoms with E-state index in [1.54, 1.807) is 12.1 Å². The van der Waals surface area contributed by atoms with Crippen LogP contribution in [0.5, 0.6) is 0 Å². The highest BCUT2D eigenvalue weighted by Crippen LogP contribution is 2.35. The van der Waals surface area contributed by atoms with E-state index in [1.807, 2.05) is 19.2 Å². The van der Waals surface area contributed by atoms with Crippen LogP contribution in [0.15, 0.2) is 53.5 Å². The molecule has 0 unspecified atom stereocenters. The summed E-state index contributed by atoms with van der Waals surface area (Å²) in [5.74, 6) is 0.700. The van der Waals surface area contributed by atoms with Crippen LogP contribution in [0.2, 0.25) is 0 Å². The molecule has 0 aliphatic carbocycles. The molecule has 0 aromatic heterocycles. The molecular weight excluding hydrogens is 341 g/mol. The van der Waals surface area contributed by atoms with Gasteiger partial charge in [0, 0.05) is 44.5 Å². The SMILES string of the molecule is CN=C(NCC1(c2ccc(F)cc2)CCOCC1)N1CCc2ccccc21. The van der Waals surface area contributed by atoms with E-state index in [-0.39, 0.29) is 11.2 Å². The molecule has 0 radical (unpaired) electrons. The Morgan fingerprint density at radius 3 is 2.63 bits per heavy atom. The fourth-order valence-corrected chi connectivity index (χ4v) is 4.23. The van der Waals surface area contributed by atoms with E-state index < -0.39 is 0 Å². The second-order valence-electron chi connectivity index (χ2n) is 7.33. The summed E-state index contributed by atoms with van der Waals surface area (Å²) in [5.41, 5.74) is 3.69. The normalized spacial score (nSPS) is 19.0. The number of guanidine groups is 1. The van der Waals surface area contributed by atoms with Gasteiger partial charge in [-0.3, -0.25) is 4.99 Å². The van der Waals surface area contributed by atoms with Crippen molar-refractivity contribution in [3.63, 3.8) is 0 Å². The van der Waals surface area contributed by atoms with Gasteiger partial charge in [-0.05, 0) is 48.6 Å². The third-order valence-electron chi connectivity index (χ3n) is 5.85. The van der Waals surface area contributed by atoms with Gasteiger partial charge in [0.25, 0.3) is 0 Å². The van der Waals surface area contributed by atoms with Crippen molar-refractivity contribution in [2.75, 3.05) is 38.3 Å². The van der Waals surface area contributed by atoms with E-state index in [9.17, 15) is 4.39 Å². The summed E-state index contributed by atoms with van der Waals surface area (Å²) >= 11 is 0. The Morgan fingerprint density at radius 2 is 1.89 bits per heavy atom. The number of para-hydroxylation sites is 1. The lowest BCUT2D eigenvalue weighted by Crippen LogP contribution is -2.49. The molecule has 2 aliphatic heterocycles. The fourth-order valence-electron chi connectivity index (χ4n) is 4.23. The number of rotatable bonds is 3. The van der Waals surface area contributed by atoms with Crippen molar-refractivity contribution in [2.24, 2.45) is 4.99 Å². The van der Waals surface area contributed by atoms with Crippen LogP contribution in [-0.2, 0) is 16.6 Å². The molecule has 142 valence electrons. The van der Waals surface area contributed by atoms with Crippen LogP contribution < -0.4 is 10.2 Å². The lowest BCUT2D eigenvalue weighted by molar-refractivity contribution is 0.0514. The Labute approximate surface area is 160 Å². The average molecular weight is 367 g/mol. The Kier molecular flexibility index (Phi) is 5.12. The standard InChI is InChI=1S/C22H26FN3O/c1-24-21(26-13-10-17-4-2-3-5-20(17)26)25-16-22(11-14-27-15-12-22)18-6-8-19(23)9-7-18/h2-9H,10-16H2,1H3,(H,24,25). The molecule has 4 nitrogen and oxygen atoms in total. The summed E-state index contributed by atoms with van der Waals surface area (Å²) in [5, 5.41) is 3.60. The molecule has 0 atom stereocenters. The number of aliphatic imine (C=N–C) groups is 1. The van der Waals surface area contributed by atoms with Gasteiger partial charge in [-0.25, -0.2) is 4.39 Å². The Morgan fingerprint density at radius 1 is 1.15 bits per heavy atom. The number of hydrogen-bond acceptors (Lipinski definition) is 2. The number of halogens is 1. The zero-order chi connectivity index (χ0) is 18.7. The van der Waals surface area contributed by atoms with Gasteiger partial charge in [0.15, 0.2) is 5.96 Å². The van der Waals surface area contributed by atoms with Gasteiger partial charge in [-0.1, -0.05) is 30.3 Å². The van der Waals surface area contributed by atoms with Crippen LogP contribution in [0.4, 0.5) is 10.1 Å². The van der Waals surface area contributed by atoms with Gasteiger partial charge >= 0.3 is 0 Å². The van der Waals surface area contributed by atoms with E-state index in [0.29, 0.717) is 0 Å². The lowest BCUT2D eigenvalue weighted by Gasteiger charge is -2.39. The Bertz CT molecular complexity index is 813. The first-order valence-electron chi connectivity index (χ1n) is 9.62.